The summed E-state index contributed by atoms with van der Waals surface area (Å²) in [5.74, 6) is -1.16. The molecule has 17 heavy (non-hydrogen) atoms. The van der Waals surface area contributed by atoms with Crippen molar-refractivity contribution in [3.05, 3.63) is 41.0 Å². The third kappa shape index (κ3) is 2.39. The first-order chi connectivity index (χ1) is 8.06. The van der Waals surface area contributed by atoms with Crippen LogP contribution >= 0.6 is 0 Å². The van der Waals surface area contributed by atoms with Crippen LogP contribution in [0.1, 0.15) is 22.3 Å². The van der Waals surface area contributed by atoms with Gasteiger partial charge in [-0.3, -0.25) is 19.7 Å². The van der Waals surface area contributed by atoms with Crippen LogP contribution in [0.4, 0.5) is 0 Å². The minimum absolute atomic E-state index is 0.0937. The maximum absolute atomic E-state index is 11.3. The minimum Gasteiger partial charge on any atom is -0.366 e. The average molecular weight is 230 g/mol. The number of hydrogen-bond donors (Lipinski definition) is 2. The maximum atomic E-state index is 11.3. The Morgan fingerprint density at radius 3 is 2.35 bits per heavy atom. The van der Waals surface area contributed by atoms with E-state index in [1.807, 2.05) is 0 Å². The van der Waals surface area contributed by atoms with Crippen LogP contribution in [0.2, 0.25) is 0 Å². The molecular formula is C12H10N2O3. The number of nitrogens with two attached hydrogens (primary N) is 1. The van der Waals surface area contributed by atoms with Crippen LogP contribution in [0.25, 0.3) is 6.08 Å². The molecule has 1 aromatic rings. The van der Waals surface area contributed by atoms with Gasteiger partial charge in [0, 0.05) is 11.1 Å². The molecule has 1 saturated heterocycles. The average Bonchev–Trinajstić information content (AvgIpc) is 2.58. The van der Waals surface area contributed by atoms with Crippen LogP contribution in [-0.2, 0) is 9.59 Å². The van der Waals surface area contributed by atoms with Gasteiger partial charge in [-0.25, -0.2) is 0 Å². The molecule has 3 amide bonds. The number of amides is 3. The zero-order valence-corrected chi connectivity index (χ0v) is 8.90. The van der Waals surface area contributed by atoms with Crippen molar-refractivity contribution in [1.29, 1.82) is 0 Å². The van der Waals surface area contributed by atoms with Gasteiger partial charge in [0.25, 0.3) is 5.91 Å². The largest absolute Gasteiger partial charge is 0.366 e. The van der Waals surface area contributed by atoms with Gasteiger partial charge in [0.2, 0.25) is 11.8 Å². The highest BCUT2D eigenvalue weighted by molar-refractivity contribution is 6.15. The Morgan fingerprint density at radius 1 is 1.24 bits per heavy atom. The highest BCUT2D eigenvalue weighted by Crippen LogP contribution is 2.15. The zero-order valence-electron chi connectivity index (χ0n) is 8.90. The lowest BCUT2D eigenvalue weighted by molar-refractivity contribution is -0.124. The fraction of sp³-hybridized carbons (Fsp3) is 0.0833. The summed E-state index contributed by atoms with van der Waals surface area (Å²) in [5, 5.41) is 2.20. The summed E-state index contributed by atoms with van der Waals surface area (Å²) < 4.78 is 0. The van der Waals surface area contributed by atoms with Gasteiger partial charge in [-0.2, -0.15) is 0 Å². The summed E-state index contributed by atoms with van der Waals surface area (Å²) in [5.41, 5.74) is 6.67. The second-order valence-electron chi connectivity index (χ2n) is 3.71. The second kappa shape index (κ2) is 4.21. The fourth-order valence-corrected chi connectivity index (χ4v) is 1.57. The summed E-state index contributed by atoms with van der Waals surface area (Å²) in [4.78, 5) is 33.1. The molecule has 0 aliphatic carbocycles. The first kappa shape index (κ1) is 11.1. The van der Waals surface area contributed by atoms with Crippen LogP contribution in [0.15, 0.2) is 29.8 Å². The van der Waals surface area contributed by atoms with Crippen LogP contribution in [0.5, 0.6) is 0 Å². The summed E-state index contributed by atoms with van der Waals surface area (Å²) in [6.45, 7) is 0. The number of carbonyl (C=O) groups is 3. The molecule has 1 heterocycles. The molecule has 3 N–H and O–H groups in total. The van der Waals surface area contributed by atoms with Gasteiger partial charge in [0.1, 0.15) is 0 Å². The Bertz CT molecular complexity index is 529. The monoisotopic (exact) mass is 230 g/mol. The van der Waals surface area contributed by atoms with E-state index < -0.39 is 5.91 Å². The van der Waals surface area contributed by atoms with Crippen molar-refractivity contribution in [2.45, 2.75) is 6.42 Å². The van der Waals surface area contributed by atoms with Crippen LogP contribution < -0.4 is 11.1 Å². The quantitative estimate of drug-likeness (QED) is 0.562. The lowest BCUT2D eigenvalue weighted by Crippen LogP contribution is -2.19. The number of hydrogen-bond acceptors (Lipinski definition) is 3. The molecule has 1 aliphatic rings. The first-order valence-electron chi connectivity index (χ1n) is 5.01. The molecule has 0 radical (unpaired) electrons. The van der Waals surface area contributed by atoms with E-state index in [4.69, 9.17) is 5.73 Å². The van der Waals surface area contributed by atoms with Crippen molar-refractivity contribution in [2.24, 2.45) is 5.73 Å². The van der Waals surface area contributed by atoms with E-state index in [0.717, 1.165) is 5.56 Å². The minimum atomic E-state index is -0.502. The Kier molecular flexibility index (Phi) is 2.74. The lowest BCUT2D eigenvalue weighted by Gasteiger charge is -1.97. The molecule has 1 aromatic carbocycles. The molecule has 0 aromatic heterocycles. The highest BCUT2D eigenvalue weighted by atomic mass is 16.2. The SMILES string of the molecule is NC(=O)c1ccc(C=C2CC(=O)NC2=O)cc1. The molecule has 0 atom stereocenters. The van der Waals surface area contributed by atoms with E-state index in [1.54, 1.807) is 30.3 Å². The molecular weight excluding hydrogens is 220 g/mol. The number of carbonyl (C=O) groups excluding carboxylic acids is 3. The number of benzene rings is 1. The Morgan fingerprint density at radius 2 is 1.88 bits per heavy atom. The highest BCUT2D eigenvalue weighted by Gasteiger charge is 2.23. The van der Waals surface area contributed by atoms with E-state index in [-0.39, 0.29) is 18.2 Å². The van der Waals surface area contributed by atoms with Crippen molar-refractivity contribution in [1.82, 2.24) is 5.32 Å². The Labute approximate surface area is 97.3 Å². The van der Waals surface area contributed by atoms with Crippen molar-refractivity contribution in [3.8, 4) is 0 Å². The standard InChI is InChI=1S/C12H10N2O3/c13-11(16)8-3-1-7(2-4-8)5-9-6-10(15)14-12(9)17/h1-5H,6H2,(H2,13,16)(H,14,15,17). The van der Waals surface area contributed by atoms with E-state index >= 15 is 0 Å². The first-order valence-corrected chi connectivity index (χ1v) is 5.01. The number of nitrogens with one attached hydrogen (secondary N) is 1. The molecule has 2 rings (SSSR count). The summed E-state index contributed by atoms with van der Waals surface area (Å²) >= 11 is 0. The molecule has 86 valence electrons. The third-order valence-corrected chi connectivity index (χ3v) is 2.43. The van der Waals surface area contributed by atoms with Gasteiger partial charge >= 0.3 is 0 Å². The predicted octanol–water partition coefficient (Wildman–Crippen LogP) is 0.215. The Hall–Kier alpha value is -2.43. The molecule has 5 nitrogen and oxygen atoms in total. The second-order valence-corrected chi connectivity index (χ2v) is 3.71. The molecule has 1 fully saturated rings. The summed E-state index contributed by atoms with van der Waals surface area (Å²) in [7, 11) is 0. The number of imide groups is 1. The van der Waals surface area contributed by atoms with Crippen molar-refractivity contribution >= 4 is 23.8 Å². The lowest BCUT2D eigenvalue weighted by atomic mass is 10.1. The number of rotatable bonds is 2. The molecule has 0 bridgehead atoms. The van der Waals surface area contributed by atoms with Gasteiger partial charge in [-0.05, 0) is 23.8 Å². The van der Waals surface area contributed by atoms with Crippen LogP contribution in [0, 0.1) is 0 Å². The molecule has 0 unspecified atom stereocenters. The molecule has 5 heteroatoms. The van der Waals surface area contributed by atoms with Crippen LogP contribution in [0.3, 0.4) is 0 Å². The zero-order chi connectivity index (χ0) is 12.4. The third-order valence-electron chi connectivity index (χ3n) is 2.43. The summed E-state index contributed by atoms with van der Waals surface area (Å²) in [6.07, 6.45) is 1.71. The smallest absolute Gasteiger partial charge is 0.254 e. The van der Waals surface area contributed by atoms with Gasteiger partial charge in [0.05, 0.1) is 6.42 Å². The predicted molar refractivity (Wildman–Crippen MR) is 60.7 cm³/mol. The Balaban J connectivity index is 2.24. The fourth-order valence-electron chi connectivity index (χ4n) is 1.57. The van der Waals surface area contributed by atoms with Gasteiger partial charge in [-0.15, -0.1) is 0 Å². The van der Waals surface area contributed by atoms with Gasteiger partial charge in [-0.1, -0.05) is 12.1 Å². The van der Waals surface area contributed by atoms with E-state index in [9.17, 15) is 14.4 Å². The van der Waals surface area contributed by atoms with E-state index in [1.165, 1.54) is 0 Å². The normalized spacial score (nSPS) is 17.3. The molecule has 0 spiro atoms. The molecule has 0 saturated carbocycles. The number of primary amides is 1. The van der Waals surface area contributed by atoms with E-state index in [0.29, 0.717) is 11.1 Å². The topological polar surface area (TPSA) is 89.3 Å². The van der Waals surface area contributed by atoms with Gasteiger partial charge in [0.15, 0.2) is 0 Å². The van der Waals surface area contributed by atoms with Crippen molar-refractivity contribution in [2.75, 3.05) is 0 Å². The summed E-state index contributed by atoms with van der Waals surface area (Å²) in [6, 6.07) is 6.49. The maximum Gasteiger partial charge on any atom is 0.254 e. The molecule has 1 aliphatic heterocycles. The van der Waals surface area contributed by atoms with Crippen LogP contribution in [-0.4, -0.2) is 17.7 Å². The van der Waals surface area contributed by atoms with Gasteiger partial charge < -0.3 is 5.73 Å². The van der Waals surface area contributed by atoms with E-state index in [2.05, 4.69) is 5.32 Å². The van der Waals surface area contributed by atoms with Crippen molar-refractivity contribution in [3.63, 3.8) is 0 Å². The van der Waals surface area contributed by atoms with Crippen molar-refractivity contribution < 1.29 is 14.4 Å².